The van der Waals surface area contributed by atoms with Crippen molar-refractivity contribution in [3.05, 3.63) is 35.2 Å². The molecular weight excluding hydrogens is 230 g/mol. The van der Waals surface area contributed by atoms with E-state index in [1.54, 1.807) is 0 Å². The van der Waals surface area contributed by atoms with Crippen LogP contribution in [-0.4, -0.2) is 26.1 Å². The van der Waals surface area contributed by atoms with Gasteiger partial charge >= 0.3 is 0 Å². The number of amides is 1. The van der Waals surface area contributed by atoms with Gasteiger partial charge in [0.25, 0.3) is 0 Å². The van der Waals surface area contributed by atoms with E-state index in [9.17, 15) is 4.79 Å². The van der Waals surface area contributed by atoms with Crippen LogP contribution in [-0.2, 0) is 11.3 Å². The molecule has 0 atom stereocenters. The third kappa shape index (κ3) is 2.71. The summed E-state index contributed by atoms with van der Waals surface area (Å²) in [5.41, 5.74) is 4.15. The number of anilines is 1. The first-order valence-corrected chi connectivity index (χ1v) is 5.65. The van der Waals surface area contributed by atoms with Crippen LogP contribution in [0.5, 0.6) is 0 Å². The van der Waals surface area contributed by atoms with E-state index < -0.39 is 0 Å². The summed E-state index contributed by atoms with van der Waals surface area (Å²) >= 11 is 0. The van der Waals surface area contributed by atoms with Crippen LogP contribution in [0.25, 0.3) is 0 Å². The van der Waals surface area contributed by atoms with Crippen LogP contribution in [0.15, 0.2) is 18.5 Å². The molecule has 0 bridgehead atoms. The van der Waals surface area contributed by atoms with E-state index in [1.807, 2.05) is 32.9 Å². The highest BCUT2D eigenvalue weighted by molar-refractivity contribution is 5.92. The van der Waals surface area contributed by atoms with Gasteiger partial charge in [-0.3, -0.25) is 4.79 Å². The molecule has 6 heteroatoms. The SMILES string of the molecule is Cc1cc(C)c(NC(=O)Cn2cnnn2)c(C)c1. The summed E-state index contributed by atoms with van der Waals surface area (Å²) in [6.45, 7) is 6.10. The van der Waals surface area contributed by atoms with Crippen LogP contribution >= 0.6 is 0 Å². The van der Waals surface area contributed by atoms with Crippen molar-refractivity contribution in [2.24, 2.45) is 0 Å². The average molecular weight is 245 g/mol. The lowest BCUT2D eigenvalue weighted by molar-refractivity contribution is -0.116. The van der Waals surface area contributed by atoms with Crippen molar-refractivity contribution in [1.82, 2.24) is 20.2 Å². The normalized spacial score (nSPS) is 10.4. The molecule has 2 rings (SSSR count). The standard InChI is InChI=1S/C12H15N5O/c1-8-4-9(2)12(10(3)5-8)14-11(18)6-17-7-13-15-16-17/h4-5,7H,6H2,1-3H3,(H,14,18). The first-order chi connectivity index (χ1) is 8.56. The highest BCUT2D eigenvalue weighted by Crippen LogP contribution is 2.21. The lowest BCUT2D eigenvalue weighted by atomic mass is 10.1. The second-order valence-corrected chi connectivity index (χ2v) is 4.33. The Balaban J connectivity index is 2.12. The third-order valence-corrected chi connectivity index (χ3v) is 2.64. The Kier molecular flexibility index (Phi) is 3.36. The van der Waals surface area contributed by atoms with Gasteiger partial charge in [0.15, 0.2) is 0 Å². The summed E-state index contributed by atoms with van der Waals surface area (Å²) < 4.78 is 1.38. The van der Waals surface area contributed by atoms with Gasteiger partial charge < -0.3 is 5.32 Å². The van der Waals surface area contributed by atoms with Crippen LogP contribution in [0.1, 0.15) is 16.7 Å². The predicted octanol–water partition coefficient (Wildman–Crippen LogP) is 1.24. The van der Waals surface area contributed by atoms with Crippen molar-refractivity contribution >= 4 is 11.6 Å². The zero-order valence-corrected chi connectivity index (χ0v) is 10.6. The van der Waals surface area contributed by atoms with Crippen molar-refractivity contribution in [1.29, 1.82) is 0 Å². The van der Waals surface area contributed by atoms with Crippen molar-refractivity contribution in [3.8, 4) is 0 Å². The maximum absolute atomic E-state index is 11.8. The first-order valence-electron chi connectivity index (χ1n) is 5.65. The van der Waals surface area contributed by atoms with Crippen molar-refractivity contribution in [2.45, 2.75) is 27.3 Å². The molecule has 18 heavy (non-hydrogen) atoms. The number of aryl methyl sites for hydroxylation is 3. The first kappa shape index (κ1) is 12.2. The van der Waals surface area contributed by atoms with Gasteiger partial charge in [0.05, 0.1) is 0 Å². The van der Waals surface area contributed by atoms with E-state index in [4.69, 9.17) is 0 Å². The van der Waals surface area contributed by atoms with Crippen LogP contribution in [0, 0.1) is 20.8 Å². The molecule has 0 saturated heterocycles. The summed E-state index contributed by atoms with van der Waals surface area (Å²) in [6.07, 6.45) is 1.41. The van der Waals surface area contributed by atoms with Gasteiger partial charge in [0.2, 0.25) is 5.91 Å². The average Bonchev–Trinajstić information content (AvgIpc) is 2.76. The largest absolute Gasteiger partial charge is 0.324 e. The lowest BCUT2D eigenvalue weighted by Gasteiger charge is -2.12. The molecule has 1 aromatic heterocycles. The molecule has 1 amide bonds. The highest BCUT2D eigenvalue weighted by Gasteiger charge is 2.09. The smallest absolute Gasteiger partial charge is 0.246 e. The minimum absolute atomic E-state index is 0.111. The van der Waals surface area contributed by atoms with E-state index in [-0.39, 0.29) is 12.5 Å². The van der Waals surface area contributed by atoms with E-state index in [1.165, 1.54) is 16.6 Å². The summed E-state index contributed by atoms with van der Waals surface area (Å²) in [4.78, 5) is 11.8. The van der Waals surface area contributed by atoms with Gasteiger partial charge in [-0.1, -0.05) is 17.7 Å². The highest BCUT2D eigenvalue weighted by atomic mass is 16.2. The summed E-state index contributed by atoms with van der Waals surface area (Å²) in [6, 6.07) is 4.08. The fraction of sp³-hybridized carbons (Fsp3) is 0.333. The molecule has 1 heterocycles. The lowest BCUT2D eigenvalue weighted by Crippen LogP contribution is -2.20. The Morgan fingerprint density at radius 1 is 1.28 bits per heavy atom. The molecule has 94 valence electrons. The second kappa shape index (κ2) is 4.95. The van der Waals surface area contributed by atoms with Crippen LogP contribution in [0.4, 0.5) is 5.69 Å². The molecule has 0 spiro atoms. The monoisotopic (exact) mass is 245 g/mol. The van der Waals surface area contributed by atoms with Gasteiger partial charge in [0.1, 0.15) is 12.9 Å². The van der Waals surface area contributed by atoms with Crippen LogP contribution < -0.4 is 5.32 Å². The Bertz CT molecular complexity index is 539. The number of hydrogen-bond donors (Lipinski definition) is 1. The zero-order chi connectivity index (χ0) is 13.1. The summed E-state index contributed by atoms with van der Waals surface area (Å²) in [7, 11) is 0. The van der Waals surface area contributed by atoms with Crippen molar-refractivity contribution in [3.63, 3.8) is 0 Å². The maximum Gasteiger partial charge on any atom is 0.246 e. The van der Waals surface area contributed by atoms with E-state index in [0.717, 1.165) is 16.8 Å². The quantitative estimate of drug-likeness (QED) is 0.883. The number of nitrogens with zero attached hydrogens (tertiary/aromatic N) is 4. The predicted molar refractivity (Wildman–Crippen MR) is 67.1 cm³/mol. The van der Waals surface area contributed by atoms with Gasteiger partial charge in [0, 0.05) is 5.69 Å². The summed E-state index contributed by atoms with van der Waals surface area (Å²) in [5, 5.41) is 13.5. The van der Waals surface area contributed by atoms with Gasteiger partial charge in [-0.05, 0) is 42.3 Å². The number of benzene rings is 1. The molecule has 0 aliphatic carbocycles. The molecule has 1 aromatic carbocycles. The number of hydrogen-bond acceptors (Lipinski definition) is 4. The van der Waals surface area contributed by atoms with E-state index >= 15 is 0 Å². The molecule has 1 N–H and O–H groups in total. The Morgan fingerprint density at radius 2 is 1.94 bits per heavy atom. The molecule has 6 nitrogen and oxygen atoms in total. The topological polar surface area (TPSA) is 72.7 Å². The Hall–Kier alpha value is -2.24. The third-order valence-electron chi connectivity index (χ3n) is 2.64. The minimum Gasteiger partial charge on any atom is -0.324 e. The molecule has 0 radical (unpaired) electrons. The van der Waals surface area contributed by atoms with E-state index in [0.29, 0.717) is 0 Å². The van der Waals surface area contributed by atoms with Crippen LogP contribution in [0.2, 0.25) is 0 Å². The van der Waals surface area contributed by atoms with Crippen molar-refractivity contribution in [2.75, 3.05) is 5.32 Å². The number of aromatic nitrogens is 4. The van der Waals surface area contributed by atoms with Crippen LogP contribution in [0.3, 0.4) is 0 Å². The van der Waals surface area contributed by atoms with Gasteiger partial charge in [-0.15, -0.1) is 5.10 Å². The molecule has 0 fully saturated rings. The fourth-order valence-corrected chi connectivity index (χ4v) is 1.96. The molecule has 0 saturated carbocycles. The number of carbonyl (C=O) groups is 1. The van der Waals surface area contributed by atoms with Gasteiger partial charge in [-0.2, -0.15) is 0 Å². The van der Waals surface area contributed by atoms with Crippen molar-refractivity contribution < 1.29 is 4.79 Å². The number of rotatable bonds is 3. The Morgan fingerprint density at radius 3 is 2.50 bits per heavy atom. The molecular formula is C12H15N5O. The maximum atomic E-state index is 11.8. The molecule has 0 aliphatic rings. The van der Waals surface area contributed by atoms with Gasteiger partial charge in [-0.25, -0.2) is 4.68 Å². The number of carbonyl (C=O) groups excluding carboxylic acids is 1. The Labute approximate surface area is 105 Å². The minimum atomic E-state index is -0.141. The number of tetrazole rings is 1. The van der Waals surface area contributed by atoms with E-state index in [2.05, 4.69) is 20.8 Å². The second-order valence-electron chi connectivity index (χ2n) is 4.33. The zero-order valence-electron chi connectivity index (χ0n) is 10.6. The summed E-state index contributed by atoms with van der Waals surface area (Å²) in [5.74, 6) is -0.141. The molecule has 0 aliphatic heterocycles. The molecule has 0 unspecified atom stereocenters. The fourth-order valence-electron chi connectivity index (χ4n) is 1.96. The number of nitrogens with one attached hydrogen (secondary N) is 1. The molecule has 2 aromatic rings.